The highest BCUT2D eigenvalue weighted by Crippen LogP contribution is 2.42. The maximum atomic E-state index is 6.09. The van der Waals surface area contributed by atoms with Gasteiger partial charge in [0.25, 0.3) is 0 Å². The zero-order chi connectivity index (χ0) is 13.3. The molecule has 2 nitrogen and oxygen atoms in total. The summed E-state index contributed by atoms with van der Waals surface area (Å²) in [6.07, 6.45) is 1.41. The molecule has 0 saturated heterocycles. The van der Waals surface area contributed by atoms with Crippen molar-refractivity contribution in [2.24, 2.45) is 5.41 Å². The maximum absolute atomic E-state index is 6.09. The van der Waals surface area contributed by atoms with Crippen molar-refractivity contribution in [3.05, 3.63) is 29.8 Å². The van der Waals surface area contributed by atoms with E-state index in [1.165, 1.54) is 5.56 Å². The van der Waals surface area contributed by atoms with Gasteiger partial charge in [0, 0.05) is 17.9 Å². The Labute approximate surface area is 111 Å². The minimum absolute atomic E-state index is 0.214. The van der Waals surface area contributed by atoms with E-state index in [-0.39, 0.29) is 5.41 Å². The molecule has 0 aromatic heterocycles. The van der Waals surface area contributed by atoms with E-state index in [2.05, 4.69) is 57.3 Å². The first kappa shape index (κ1) is 13.4. The van der Waals surface area contributed by atoms with E-state index in [0.29, 0.717) is 18.1 Å². The van der Waals surface area contributed by atoms with Crippen LogP contribution in [0.25, 0.3) is 0 Å². The molecule has 1 aromatic rings. The zero-order valence-electron chi connectivity index (χ0n) is 12.2. The lowest BCUT2D eigenvalue weighted by Gasteiger charge is -2.51. The normalized spacial score (nSPS) is 25.9. The molecule has 100 valence electrons. The van der Waals surface area contributed by atoms with Crippen LogP contribution in [0.3, 0.4) is 0 Å². The summed E-state index contributed by atoms with van der Waals surface area (Å²) >= 11 is 0. The van der Waals surface area contributed by atoms with E-state index in [4.69, 9.17) is 4.74 Å². The molecule has 1 aliphatic rings. The largest absolute Gasteiger partial charge is 0.490 e. The molecule has 1 aromatic carbocycles. The Morgan fingerprint density at radius 1 is 1.22 bits per heavy atom. The molecule has 2 rings (SSSR count). The van der Waals surface area contributed by atoms with Gasteiger partial charge in [-0.15, -0.1) is 0 Å². The highest BCUT2D eigenvalue weighted by Gasteiger charge is 2.49. The Morgan fingerprint density at radius 3 is 2.28 bits per heavy atom. The number of hydrogen-bond donors (Lipinski definition) is 1. The van der Waals surface area contributed by atoms with Crippen molar-refractivity contribution in [3.8, 4) is 5.75 Å². The van der Waals surface area contributed by atoms with Crippen molar-refractivity contribution < 1.29 is 4.74 Å². The number of ether oxygens (including phenoxy) is 1. The van der Waals surface area contributed by atoms with E-state index >= 15 is 0 Å². The molecule has 1 fully saturated rings. The molecule has 0 spiro atoms. The van der Waals surface area contributed by atoms with Crippen molar-refractivity contribution in [2.75, 3.05) is 7.05 Å². The van der Waals surface area contributed by atoms with Gasteiger partial charge in [-0.2, -0.15) is 0 Å². The molecule has 0 aliphatic heterocycles. The van der Waals surface area contributed by atoms with Gasteiger partial charge in [0.05, 0.1) is 0 Å². The predicted molar refractivity (Wildman–Crippen MR) is 76.2 cm³/mol. The van der Waals surface area contributed by atoms with Crippen LogP contribution in [-0.2, 0) is 0 Å². The van der Waals surface area contributed by atoms with E-state index in [1.807, 2.05) is 7.05 Å². The van der Waals surface area contributed by atoms with E-state index < -0.39 is 0 Å². The molecule has 1 aliphatic carbocycles. The van der Waals surface area contributed by atoms with Gasteiger partial charge in [0.1, 0.15) is 11.9 Å². The second kappa shape index (κ2) is 4.93. The summed E-state index contributed by atoms with van der Waals surface area (Å²) in [7, 11) is 2.03. The first-order chi connectivity index (χ1) is 8.45. The Morgan fingerprint density at radius 2 is 1.83 bits per heavy atom. The van der Waals surface area contributed by atoms with Crippen LogP contribution in [0.1, 0.15) is 45.6 Å². The third-order valence-corrected chi connectivity index (χ3v) is 4.35. The molecule has 18 heavy (non-hydrogen) atoms. The highest BCUT2D eigenvalue weighted by molar-refractivity contribution is 5.29. The Hall–Kier alpha value is -1.02. The summed E-state index contributed by atoms with van der Waals surface area (Å²) in [4.78, 5) is 0. The lowest BCUT2D eigenvalue weighted by molar-refractivity contribution is -0.0520. The van der Waals surface area contributed by atoms with Crippen molar-refractivity contribution >= 4 is 0 Å². The first-order valence-corrected chi connectivity index (χ1v) is 6.89. The van der Waals surface area contributed by atoms with Crippen molar-refractivity contribution in [1.29, 1.82) is 0 Å². The zero-order valence-corrected chi connectivity index (χ0v) is 12.2. The van der Waals surface area contributed by atoms with Gasteiger partial charge >= 0.3 is 0 Å². The van der Waals surface area contributed by atoms with Crippen LogP contribution in [0.2, 0.25) is 0 Å². The third kappa shape index (κ3) is 2.39. The fourth-order valence-electron chi connectivity index (χ4n) is 2.67. The van der Waals surface area contributed by atoms with Crippen LogP contribution in [0.15, 0.2) is 24.3 Å². The Balaban J connectivity index is 1.99. The summed E-state index contributed by atoms with van der Waals surface area (Å²) in [5.41, 5.74) is 1.58. The minimum Gasteiger partial charge on any atom is -0.490 e. The quantitative estimate of drug-likeness (QED) is 0.878. The van der Waals surface area contributed by atoms with Gasteiger partial charge < -0.3 is 10.1 Å². The Kier molecular flexibility index (Phi) is 3.67. The fourth-order valence-corrected chi connectivity index (χ4v) is 2.67. The summed E-state index contributed by atoms with van der Waals surface area (Å²) < 4.78 is 6.09. The smallest absolute Gasteiger partial charge is 0.119 e. The summed E-state index contributed by atoms with van der Waals surface area (Å²) in [5.74, 6) is 1.57. The van der Waals surface area contributed by atoms with Gasteiger partial charge in [0.15, 0.2) is 0 Å². The van der Waals surface area contributed by atoms with Crippen LogP contribution in [0.4, 0.5) is 0 Å². The summed E-state index contributed by atoms with van der Waals surface area (Å²) in [6.45, 7) is 8.96. The molecule has 0 radical (unpaired) electrons. The third-order valence-electron chi connectivity index (χ3n) is 4.35. The van der Waals surface area contributed by atoms with Gasteiger partial charge in [0.2, 0.25) is 0 Å². The van der Waals surface area contributed by atoms with Gasteiger partial charge in [-0.25, -0.2) is 0 Å². The highest BCUT2D eigenvalue weighted by atomic mass is 16.5. The van der Waals surface area contributed by atoms with E-state index in [1.54, 1.807) is 0 Å². The molecule has 0 amide bonds. The molecular formula is C16H25NO. The van der Waals surface area contributed by atoms with Gasteiger partial charge in [-0.1, -0.05) is 39.8 Å². The standard InChI is InChI=1S/C16H25NO/c1-11(2)12-6-8-13(9-7-12)18-15-10-14(17-5)16(15,3)4/h6-9,11,14-15,17H,10H2,1-5H3. The topological polar surface area (TPSA) is 21.3 Å². The maximum Gasteiger partial charge on any atom is 0.119 e. The van der Waals surface area contributed by atoms with Crippen LogP contribution in [0, 0.1) is 5.41 Å². The van der Waals surface area contributed by atoms with Crippen molar-refractivity contribution in [1.82, 2.24) is 5.32 Å². The van der Waals surface area contributed by atoms with Crippen molar-refractivity contribution in [3.63, 3.8) is 0 Å². The average Bonchev–Trinajstić information content (AvgIpc) is 2.34. The summed E-state index contributed by atoms with van der Waals surface area (Å²) in [5, 5.41) is 3.35. The first-order valence-electron chi connectivity index (χ1n) is 6.89. The molecule has 2 unspecified atom stereocenters. The number of hydrogen-bond acceptors (Lipinski definition) is 2. The SMILES string of the molecule is CNC1CC(Oc2ccc(C(C)C)cc2)C1(C)C. The van der Waals surface area contributed by atoms with Crippen LogP contribution in [0.5, 0.6) is 5.75 Å². The molecule has 2 heteroatoms. The fraction of sp³-hybridized carbons (Fsp3) is 0.625. The monoisotopic (exact) mass is 247 g/mol. The van der Waals surface area contributed by atoms with Crippen LogP contribution >= 0.6 is 0 Å². The van der Waals surface area contributed by atoms with Crippen LogP contribution in [-0.4, -0.2) is 19.2 Å². The number of rotatable bonds is 4. The van der Waals surface area contributed by atoms with Gasteiger partial charge in [-0.3, -0.25) is 0 Å². The number of nitrogens with one attached hydrogen (secondary N) is 1. The molecule has 0 heterocycles. The molecule has 0 bridgehead atoms. The second-order valence-corrected chi connectivity index (χ2v) is 6.23. The predicted octanol–water partition coefficient (Wildman–Crippen LogP) is 3.58. The van der Waals surface area contributed by atoms with Gasteiger partial charge in [-0.05, 0) is 30.7 Å². The van der Waals surface area contributed by atoms with E-state index in [0.717, 1.165) is 12.2 Å². The lowest BCUT2D eigenvalue weighted by Crippen LogP contribution is -2.61. The average molecular weight is 247 g/mol. The van der Waals surface area contributed by atoms with E-state index in [9.17, 15) is 0 Å². The Bertz CT molecular complexity index is 394. The molecule has 1 N–H and O–H groups in total. The molecular weight excluding hydrogens is 222 g/mol. The molecule has 2 atom stereocenters. The van der Waals surface area contributed by atoms with Crippen molar-refractivity contribution in [2.45, 2.75) is 52.2 Å². The lowest BCUT2D eigenvalue weighted by atomic mass is 9.64. The van der Waals surface area contributed by atoms with Crippen LogP contribution < -0.4 is 10.1 Å². The summed E-state index contributed by atoms with van der Waals surface area (Å²) in [6, 6.07) is 9.09. The molecule has 1 saturated carbocycles. The number of benzene rings is 1. The minimum atomic E-state index is 0.214. The second-order valence-electron chi connectivity index (χ2n) is 6.23.